The average Bonchev–Trinajstić information content (AvgIpc) is 3.52. The van der Waals surface area contributed by atoms with Crippen molar-refractivity contribution in [2.75, 3.05) is 31.2 Å². The summed E-state index contributed by atoms with van der Waals surface area (Å²) in [5, 5.41) is 13.7. The van der Waals surface area contributed by atoms with Gasteiger partial charge in [-0.1, -0.05) is 37.0 Å². The van der Waals surface area contributed by atoms with Crippen LogP contribution < -0.4 is 4.90 Å². The molecule has 0 aliphatic carbocycles. The molecule has 1 aliphatic rings. The molecule has 7 nitrogen and oxygen atoms in total. The lowest BCUT2D eigenvalue weighted by Gasteiger charge is -2.26. The van der Waals surface area contributed by atoms with Gasteiger partial charge in [0.25, 0.3) is 0 Å². The number of fused-ring (bicyclic) bond motifs is 1. The highest BCUT2D eigenvalue weighted by molar-refractivity contribution is 6.00. The maximum atomic E-state index is 9.54. The summed E-state index contributed by atoms with van der Waals surface area (Å²) < 4.78 is 11.0. The third-order valence-electron chi connectivity index (χ3n) is 5.99. The van der Waals surface area contributed by atoms with Crippen LogP contribution in [0.4, 0.5) is 5.95 Å². The molecule has 7 heteroatoms. The van der Waals surface area contributed by atoms with E-state index in [0.717, 1.165) is 57.9 Å². The zero-order valence-electron chi connectivity index (χ0n) is 18.7. The molecule has 4 aromatic rings. The summed E-state index contributed by atoms with van der Waals surface area (Å²) in [6, 6.07) is 11.9. The van der Waals surface area contributed by atoms with E-state index in [1.54, 1.807) is 24.3 Å². The summed E-state index contributed by atoms with van der Waals surface area (Å²) in [6.07, 6.45) is 5.08. The van der Waals surface area contributed by atoms with Crippen molar-refractivity contribution < 1.29 is 9.26 Å². The number of nitriles is 1. The molecule has 168 valence electrons. The van der Waals surface area contributed by atoms with Crippen LogP contribution in [-0.2, 0) is 4.74 Å². The maximum absolute atomic E-state index is 9.54. The molecule has 2 aromatic carbocycles. The van der Waals surface area contributed by atoms with Crippen LogP contribution in [-0.4, -0.2) is 41.4 Å². The number of imidazole rings is 1. The molecule has 0 unspecified atom stereocenters. The minimum absolute atomic E-state index is 0.558. The molecule has 0 amide bonds. The Morgan fingerprint density at radius 2 is 1.85 bits per heavy atom. The van der Waals surface area contributed by atoms with Crippen LogP contribution in [0.15, 0.2) is 54.6 Å². The number of anilines is 1. The molecule has 0 spiro atoms. The lowest BCUT2D eigenvalue weighted by atomic mass is 9.92. The van der Waals surface area contributed by atoms with Crippen molar-refractivity contribution in [2.45, 2.75) is 0 Å². The number of benzene rings is 2. The van der Waals surface area contributed by atoms with E-state index in [-0.39, 0.29) is 0 Å². The van der Waals surface area contributed by atoms with E-state index in [1.165, 1.54) is 0 Å². The predicted molar refractivity (Wildman–Crippen MR) is 135 cm³/mol. The maximum Gasteiger partial charge on any atom is 0.204 e. The predicted octanol–water partition coefficient (Wildman–Crippen LogP) is 5.52. The van der Waals surface area contributed by atoms with Crippen LogP contribution in [0.25, 0.3) is 51.5 Å². The van der Waals surface area contributed by atoms with Crippen LogP contribution in [0.5, 0.6) is 0 Å². The molecular weight excluding hydrogens is 426 g/mol. The molecule has 2 aromatic heterocycles. The first kappa shape index (κ1) is 21.4. The standard InChI is InChI=1S/C27H23N5O2/c1-4-18-8-7-17(16-28)13-20(18)21-14-19(25-22(5-2)31-34-24(25)6-3)15-23-26(21)30-27(29-23)32-9-11-33-12-10-32/h4-8,13-15H,1-3,9-12H2,(H,29,30). The Bertz CT molecular complexity index is 1440. The van der Waals surface area contributed by atoms with Crippen molar-refractivity contribution >= 4 is 35.2 Å². The molecule has 1 saturated heterocycles. The second kappa shape index (κ2) is 8.85. The normalized spacial score (nSPS) is 13.6. The number of H-pyrrole nitrogens is 1. The molecule has 5 rings (SSSR count). The summed E-state index contributed by atoms with van der Waals surface area (Å²) in [5.74, 6) is 1.34. The number of morpholine rings is 1. The molecule has 0 bridgehead atoms. The van der Waals surface area contributed by atoms with Gasteiger partial charge in [-0.15, -0.1) is 0 Å². The van der Waals surface area contributed by atoms with Gasteiger partial charge in [0.15, 0.2) is 5.76 Å². The fourth-order valence-electron chi connectivity index (χ4n) is 4.30. The van der Waals surface area contributed by atoms with E-state index in [0.29, 0.717) is 30.2 Å². The molecule has 0 radical (unpaired) electrons. The molecule has 0 saturated carbocycles. The van der Waals surface area contributed by atoms with E-state index in [1.807, 2.05) is 24.3 Å². The first-order valence-electron chi connectivity index (χ1n) is 10.9. The molecular formula is C27H23N5O2. The quantitative estimate of drug-likeness (QED) is 0.417. The van der Waals surface area contributed by atoms with E-state index >= 15 is 0 Å². The summed E-state index contributed by atoms with van der Waals surface area (Å²) in [6.45, 7) is 14.6. The van der Waals surface area contributed by atoms with Gasteiger partial charge in [0, 0.05) is 18.7 Å². The van der Waals surface area contributed by atoms with E-state index in [2.05, 4.69) is 40.8 Å². The van der Waals surface area contributed by atoms with Crippen molar-refractivity contribution in [3.63, 3.8) is 0 Å². The van der Waals surface area contributed by atoms with E-state index in [4.69, 9.17) is 14.2 Å². The number of rotatable bonds is 6. The highest BCUT2D eigenvalue weighted by Crippen LogP contribution is 2.39. The van der Waals surface area contributed by atoms with Gasteiger partial charge in [0.05, 0.1) is 41.4 Å². The van der Waals surface area contributed by atoms with Crippen LogP contribution >= 0.6 is 0 Å². The molecule has 0 atom stereocenters. The SMILES string of the molecule is C=Cc1ccc(C#N)cc1-c1cc(-c2c(C=C)noc2C=C)cc2[nH]c(N3CCOCC3)nc12. The first-order valence-corrected chi connectivity index (χ1v) is 10.9. The second-order valence-electron chi connectivity index (χ2n) is 7.91. The lowest BCUT2D eigenvalue weighted by molar-refractivity contribution is 0.122. The van der Waals surface area contributed by atoms with Crippen molar-refractivity contribution in [3.8, 4) is 28.3 Å². The Morgan fingerprint density at radius 1 is 1.03 bits per heavy atom. The summed E-state index contributed by atoms with van der Waals surface area (Å²) in [5.41, 5.74) is 7.19. The Kier molecular flexibility index (Phi) is 5.58. The monoisotopic (exact) mass is 449 g/mol. The Balaban J connectivity index is 1.81. The molecule has 1 fully saturated rings. The lowest BCUT2D eigenvalue weighted by Crippen LogP contribution is -2.36. The zero-order chi connectivity index (χ0) is 23.7. The van der Waals surface area contributed by atoms with Crippen LogP contribution in [0.1, 0.15) is 22.6 Å². The van der Waals surface area contributed by atoms with Gasteiger partial charge in [0.2, 0.25) is 5.95 Å². The Morgan fingerprint density at radius 3 is 2.56 bits per heavy atom. The van der Waals surface area contributed by atoms with E-state index < -0.39 is 0 Å². The number of aromatic nitrogens is 3. The molecule has 3 heterocycles. The first-order chi connectivity index (χ1) is 16.7. The number of hydrogen-bond donors (Lipinski definition) is 1. The van der Waals surface area contributed by atoms with E-state index in [9.17, 15) is 5.26 Å². The summed E-state index contributed by atoms with van der Waals surface area (Å²) in [7, 11) is 0. The van der Waals surface area contributed by atoms with Crippen LogP contribution in [0.2, 0.25) is 0 Å². The van der Waals surface area contributed by atoms with Gasteiger partial charge in [-0.3, -0.25) is 0 Å². The van der Waals surface area contributed by atoms with Gasteiger partial charge in [-0.25, -0.2) is 4.98 Å². The number of ether oxygens (including phenoxy) is 1. The van der Waals surface area contributed by atoms with Crippen molar-refractivity contribution in [2.24, 2.45) is 0 Å². The highest BCUT2D eigenvalue weighted by Gasteiger charge is 2.21. The third-order valence-corrected chi connectivity index (χ3v) is 5.99. The fourth-order valence-corrected chi connectivity index (χ4v) is 4.30. The van der Waals surface area contributed by atoms with Crippen molar-refractivity contribution in [1.82, 2.24) is 15.1 Å². The van der Waals surface area contributed by atoms with Gasteiger partial charge < -0.3 is 19.1 Å². The number of nitrogens with zero attached hydrogens (tertiary/aromatic N) is 4. The Hall–Kier alpha value is -4.41. The highest BCUT2D eigenvalue weighted by atomic mass is 16.5. The third kappa shape index (κ3) is 3.60. The van der Waals surface area contributed by atoms with Crippen LogP contribution in [0, 0.1) is 11.3 Å². The van der Waals surface area contributed by atoms with Crippen LogP contribution in [0.3, 0.4) is 0 Å². The zero-order valence-corrected chi connectivity index (χ0v) is 18.7. The van der Waals surface area contributed by atoms with Crippen molar-refractivity contribution in [3.05, 3.63) is 72.6 Å². The van der Waals surface area contributed by atoms with Gasteiger partial charge in [-0.2, -0.15) is 5.26 Å². The molecule has 1 aliphatic heterocycles. The number of nitrogens with one attached hydrogen (secondary N) is 1. The smallest absolute Gasteiger partial charge is 0.204 e. The number of hydrogen-bond acceptors (Lipinski definition) is 6. The minimum atomic E-state index is 0.558. The van der Waals surface area contributed by atoms with Crippen molar-refractivity contribution in [1.29, 1.82) is 5.26 Å². The average molecular weight is 450 g/mol. The Labute approximate surface area is 197 Å². The number of aromatic amines is 1. The van der Waals surface area contributed by atoms with Gasteiger partial charge in [0.1, 0.15) is 5.69 Å². The topological polar surface area (TPSA) is 91.0 Å². The second-order valence-corrected chi connectivity index (χ2v) is 7.91. The van der Waals surface area contributed by atoms with Gasteiger partial charge in [-0.05, 0) is 53.1 Å². The summed E-state index contributed by atoms with van der Waals surface area (Å²) >= 11 is 0. The minimum Gasteiger partial charge on any atom is -0.378 e. The fraction of sp³-hybridized carbons (Fsp3) is 0.148. The van der Waals surface area contributed by atoms with Gasteiger partial charge >= 0.3 is 0 Å². The molecule has 34 heavy (non-hydrogen) atoms. The summed E-state index contributed by atoms with van der Waals surface area (Å²) in [4.78, 5) is 10.6. The largest absolute Gasteiger partial charge is 0.378 e. The molecule has 1 N–H and O–H groups in total.